The predicted molar refractivity (Wildman–Crippen MR) is 65.5 cm³/mol. The van der Waals surface area contributed by atoms with Crippen molar-refractivity contribution in [1.82, 2.24) is 0 Å². The summed E-state index contributed by atoms with van der Waals surface area (Å²) >= 11 is 0. The third-order valence-electron chi connectivity index (χ3n) is 3.23. The number of rotatable bonds is 5. The third kappa shape index (κ3) is 3.22. The van der Waals surface area contributed by atoms with Crippen LogP contribution >= 0.6 is 0 Å². The van der Waals surface area contributed by atoms with Crippen LogP contribution in [0, 0.1) is 5.92 Å². The molecule has 0 aliphatic heterocycles. The van der Waals surface area contributed by atoms with E-state index < -0.39 is 0 Å². The smallest absolute Gasteiger partial charge is 0.136 e. The summed E-state index contributed by atoms with van der Waals surface area (Å²) in [5.41, 5.74) is 0. The van der Waals surface area contributed by atoms with Crippen molar-refractivity contribution in [3.63, 3.8) is 0 Å². The van der Waals surface area contributed by atoms with Crippen LogP contribution in [0.3, 0.4) is 0 Å². The second-order valence-corrected chi connectivity index (χ2v) is 4.37. The summed E-state index contributed by atoms with van der Waals surface area (Å²) in [6.45, 7) is 0.614. The lowest BCUT2D eigenvalue weighted by Crippen LogP contribution is -2.11. The molecule has 0 aromatic heterocycles. The van der Waals surface area contributed by atoms with Gasteiger partial charge in [-0.15, -0.1) is 0 Å². The Hall–Kier alpha value is -1.51. The fourth-order valence-electron chi connectivity index (χ4n) is 2.18. The molecular weight excluding hydrogens is 216 g/mol. The van der Waals surface area contributed by atoms with Gasteiger partial charge in [0, 0.05) is 12.3 Å². The van der Waals surface area contributed by atoms with Gasteiger partial charge in [0.1, 0.15) is 17.3 Å². The first-order valence-corrected chi connectivity index (χ1v) is 6.09. The van der Waals surface area contributed by atoms with Crippen LogP contribution in [0.5, 0.6) is 11.5 Å². The first-order chi connectivity index (χ1) is 8.29. The summed E-state index contributed by atoms with van der Waals surface area (Å²) in [6, 6.07) is 7.51. The van der Waals surface area contributed by atoms with Crippen LogP contribution in [0.2, 0.25) is 0 Å². The van der Waals surface area contributed by atoms with Gasteiger partial charge in [-0.25, -0.2) is 0 Å². The Morgan fingerprint density at radius 2 is 1.94 bits per heavy atom. The number of carbonyl (C=O) groups is 1. The second kappa shape index (κ2) is 5.71. The Balaban J connectivity index is 1.75. The van der Waals surface area contributed by atoms with Gasteiger partial charge in [-0.2, -0.15) is 0 Å². The molecule has 0 radical (unpaired) electrons. The number of ether oxygens (including phenoxy) is 2. The number of ketones is 1. The third-order valence-corrected chi connectivity index (χ3v) is 3.23. The molecule has 3 nitrogen and oxygen atoms in total. The van der Waals surface area contributed by atoms with Gasteiger partial charge in [0.2, 0.25) is 0 Å². The minimum absolute atomic E-state index is 0.230. The average Bonchev–Trinajstić information content (AvgIpc) is 2.76. The fourth-order valence-corrected chi connectivity index (χ4v) is 2.18. The van der Waals surface area contributed by atoms with Crippen LogP contribution in [0.15, 0.2) is 24.3 Å². The lowest BCUT2D eigenvalue weighted by atomic mass is 10.0. The van der Waals surface area contributed by atoms with E-state index in [1.54, 1.807) is 7.11 Å². The van der Waals surface area contributed by atoms with Crippen molar-refractivity contribution in [2.75, 3.05) is 13.7 Å². The molecular formula is C14H18O3. The second-order valence-electron chi connectivity index (χ2n) is 4.37. The Morgan fingerprint density at radius 1 is 1.24 bits per heavy atom. The summed E-state index contributed by atoms with van der Waals surface area (Å²) in [5, 5.41) is 0. The molecule has 0 saturated heterocycles. The molecule has 1 saturated carbocycles. The van der Waals surface area contributed by atoms with E-state index >= 15 is 0 Å². The molecule has 0 spiro atoms. The van der Waals surface area contributed by atoms with Crippen LogP contribution in [-0.4, -0.2) is 19.5 Å². The minimum Gasteiger partial charge on any atom is -0.497 e. The first-order valence-electron chi connectivity index (χ1n) is 6.09. The summed E-state index contributed by atoms with van der Waals surface area (Å²) in [7, 11) is 1.64. The number of methoxy groups -OCH3 is 1. The maximum atomic E-state index is 11.4. The van der Waals surface area contributed by atoms with E-state index in [4.69, 9.17) is 9.47 Å². The molecule has 1 aromatic rings. The number of hydrogen-bond donors (Lipinski definition) is 0. The molecule has 1 aliphatic carbocycles. The lowest BCUT2D eigenvalue weighted by Gasteiger charge is -2.10. The first kappa shape index (κ1) is 12.0. The zero-order valence-electron chi connectivity index (χ0n) is 10.1. The summed E-state index contributed by atoms with van der Waals surface area (Å²) < 4.78 is 10.7. The number of carbonyl (C=O) groups excluding carboxylic acids is 1. The molecule has 1 unspecified atom stereocenters. The Bertz CT molecular complexity index is 370. The van der Waals surface area contributed by atoms with Gasteiger partial charge >= 0.3 is 0 Å². The molecule has 1 aliphatic rings. The molecule has 0 heterocycles. The lowest BCUT2D eigenvalue weighted by molar-refractivity contribution is -0.121. The normalized spacial score (nSPS) is 19.4. The van der Waals surface area contributed by atoms with Crippen molar-refractivity contribution in [3.05, 3.63) is 24.3 Å². The highest BCUT2D eigenvalue weighted by Gasteiger charge is 2.23. The zero-order valence-corrected chi connectivity index (χ0v) is 10.1. The van der Waals surface area contributed by atoms with Crippen molar-refractivity contribution in [3.8, 4) is 11.5 Å². The highest BCUT2D eigenvalue weighted by Crippen LogP contribution is 2.24. The molecule has 17 heavy (non-hydrogen) atoms. The maximum absolute atomic E-state index is 11.4. The van der Waals surface area contributed by atoms with Crippen LogP contribution in [0.1, 0.15) is 25.7 Å². The van der Waals surface area contributed by atoms with Crippen molar-refractivity contribution in [2.24, 2.45) is 5.92 Å². The van der Waals surface area contributed by atoms with Gasteiger partial charge in [0.05, 0.1) is 13.7 Å². The molecule has 1 fully saturated rings. The topological polar surface area (TPSA) is 35.5 Å². The summed E-state index contributed by atoms with van der Waals surface area (Å²) in [6.07, 6.45) is 3.68. The molecule has 3 heteroatoms. The van der Waals surface area contributed by atoms with Crippen LogP contribution < -0.4 is 9.47 Å². The van der Waals surface area contributed by atoms with Gasteiger partial charge in [-0.1, -0.05) is 0 Å². The molecule has 2 rings (SSSR count). The van der Waals surface area contributed by atoms with Gasteiger partial charge < -0.3 is 9.47 Å². The highest BCUT2D eigenvalue weighted by atomic mass is 16.5. The Kier molecular flexibility index (Phi) is 4.02. The Labute approximate surface area is 102 Å². The van der Waals surface area contributed by atoms with E-state index in [-0.39, 0.29) is 5.92 Å². The predicted octanol–water partition coefficient (Wildman–Crippen LogP) is 2.83. The minimum atomic E-state index is 0.230. The van der Waals surface area contributed by atoms with Crippen molar-refractivity contribution in [1.29, 1.82) is 0 Å². The quantitative estimate of drug-likeness (QED) is 0.785. The van der Waals surface area contributed by atoms with E-state index in [0.29, 0.717) is 12.4 Å². The molecule has 92 valence electrons. The largest absolute Gasteiger partial charge is 0.497 e. The van der Waals surface area contributed by atoms with E-state index in [1.165, 1.54) is 0 Å². The van der Waals surface area contributed by atoms with Gasteiger partial charge in [0.25, 0.3) is 0 Å². The fraction of sp³-hybridized carbons (Fsp3) is 0.500. The van der Waals surface area contributed by atoms with Crippen LogP contribution in [-0.2, 0) is 4.79 Å². The average molecular weight is 234 g/mol. The maximum Gasteiger partial charge on any atom is 0.136 e. The van der Waals surface area contributed by atoms with Gasteiger partial charge in [0.15, 0.2) is 0 Å². The molecule has 0 bridgehead atoms. The van der Waals surface area contributed by atoms with Gasteiger partial charge in [-0.3, -0.25) is 4.79 Å². The van der Waals surface area contributed by atoms with E-state index in [9.17, 15) is 4.79 Å². The monoisotopic (exact) mass is 234 g/mol. The van der Waals surface area contributed by atoms with Crippen LogP contribution in [0.25, 0.3) is 0 Å². The highest BCUT2D eigenvalue weighted by molar-refractivity contribution is 5.82. The van der Waals surface area contributed by atoms with Crippen molar-refractivity contribution >= 4 is 5.78 Å². The number of benzene rings is 1. The molecule has 0 N–H and O–H groups in total. The van der Waals surface area contributed by atoms with E-state index in [2.05, 4.69) is 0 Å². The van der Waals surface area contributed by atoms with E-state index in [1.807, 2.05) is 24.3 Å². The zero-order chi connectivity index (χ0) is 12.1. The van der Waals surface area contributed by atoms with E-state index in [0.717, 1.165) is 37.2 Å². The summed E-state index contributed by atoms with van der Waals surface area (Å²) in [4.78, 5) is 11.4. The summed E-state index contributed by atoms with van der Waals surface area (Å²) in [5.74, 6) is 2.29. The molecule has 1 aromatic carbocycles. The molecule has 0 amide bonds. The molecule has 1 atom stereocenters. The van der Waals surface area contributed by atoms with Gasteiger partial charge in [-0.05, 0) is 43.5 Å². The Morgan fingerprint density at radius 3 is 2.53 bits per heavy atom. The number of hydrogen-bond acceptors (Lipinski definition) is 3. The SMILES string of the molecule is COc1ccc(OCCC2CCCC2=O)cc1. The van der Waals surface area contributed by atoms with Crippen molar-refractivity contribution < 1.29 is 14.3 Å². The van der Waals surface area contributed by atoms with Crippen molar-refractivity contribution in [2.45, 2.75) is 25.7 Å². The number of Topliss-reactive ketones (excluding diaryl/α,β-unsaturated/α-hetero) is 1. The van der Waals surface area contributed by atoms with Crippen LogP contribution in [0.4, 0.5) is 0 Å². The standard InChI is InChI=1S/C14H18O3/c1-16-12-5-7-13(8-6-12)17-10-9-11-3-2-4-14(11)15/h5-8,11H,2-4,9-10H2,1H3.